The molecule has 6 nitrogen and oxygen atoms in total. The topological polar surface area (TPSA) is 78.9 Å². The molecule has 0 aromatic rings. The minimum atomic E-state index is -0.374. The van der Waals surface area contributed by atoms with Crippen LogP contribution in [-0.4, -0.2) is 37.7 Å². The van der Waals surface area contributed by atoms with Gasteiger partial charge in [0.2, 0.25) is 0 Å². The maximum absolute atomic E-state index is 12.7. The van der Waals surface area contributed by atoms with Crippen molar-refractivity contribution >= 4 is 17.9 Å². The number of esters is 3. The van der Waals surface area contributed by atoms with Gasteiger partial charge in [0.15, 0.2) is 0 Å². The van der Waals surface area contributed by atoms with Crippen molar-refractivity contribution in [2.75, 3.05) is 13.7 Å². The van der Waals surface area contributed by atoms with Gasteiger partial charge in [0.25, 0.3) is 0 Å². The first-order chi connectivity index (χ1) is 20.1. The van der Waals surface area contributed by atoms with Gasteiger partial charge >= 0.3 is 17.9 Å². The van der Waals surface area contributed by atoms with Crippen molar-refractivity contribution in [1.82, 2.24) is 0 Å². The molecule has 0 aromatic heterocycles. The van der Waals surface area contributed by atoms with Crippen molar-refractivity contribution in [2.45, 2.75) is 132 Å². The fourth-order valence-corrected chi connectivity index (χ4v) is 12.5. The third-order valence-corrected chi connectivity index (χ3v) is 14.8. The van der Waals surface area contributed by atoms with Gasteiger partial charge in [-0.25, -0.2) is 0 Å². The summed E-state index contributed by atoms with van der Waals surface area (Å²) in [5.41, 5.74) is 1.91. The van der Waals surface area contributed by atoms with E-state index in [0.29, 0.717) is 36.2 Å². The van der Waals surface area contributed by atoms with Crippen LogP contribution in [-0.2, 0) is 28.6 Å². The minimum Gasteiger partial charge on any atom is -0.469 e. The van der Waals surface area contributed by atoms with Gasteiger partial charge in [0, 0.05) is 17.8 Å². The van der Waals surface area contributed by atoms with Crippen molar-refractivity contribution in [3.63, 3.8) is 0 Å². The molecular weight excluding hydrogens is 540 g/mol. The number of methoxy groups -OCH3 is 1. The molecule has 5 aliphatic rings. The predicted octanol–water partition coefficient (Wildman–Crippen LogP) is 8.07. The summed E-state index contributed by atoms with van der Waals surface area (Å²) in [7, 11) is 1.35. The van der Waals surface area contributed by atoms with Gasteiger partial charge in [-0.3, -0.25) is 14.4 Å². The maximum atomic E-state index is 12.7. The number of allylic oxidation sites excluding steroid dienone is 1. The van der Waals surface area contributed by atoms with Crippen molar-refractivity contribution in [2.24, 2.45) is 56.7 Å². The summed E-state index contributed by atoms with van der Waals surface area (Å²) in [4.78, 5) is 36.3. The molecule has 5 aliphatic carbocycles. The predicted molar refractivity (Wildman–Crippen MR) is 167 cm³/mol. The van der Waals surface area contributed by atoms with Crippen LogP contribution >= 0.6 is 0 Å². The SMILES string of the molecule is C=C(C)[C@@H]1CCC2(COC(=O)CCC(=O)OC)CC[C@]3(C)C(CCC4[C@@]5(C)CCC(OC(C)=O)C(C)(C)C5CC[C@]43C)C12. The number of hydrogen-bond donors (Lipinski definition) is 0. The molecule has 5 saturated carbocycles. The third-order valence-electron chi connectivity index (χ3n) is 14.8. The number of hydrogen-bond acceptors (Lipinski definition) is 6. The zero-order valence-corrected chi connectivity index (χ0v) is 28.3. The Hall–Kier alpha value is -1.85. The van der Waals surface area contributed by atoms with Crippen LogP contribution in [0.5, 0.6) is 0 Å². The van der Waals surface area contributed by atoms with Gasteiger partial charge in [-0.2, -0.15) is 0 Å². The van der Waals surface area contributed by atoms with Gasteiger partial charge in [-0.05, 0) is 117 Å². The molecular formula is C37H58O6. The Morgan fingerprint density at radius 3 is 2.12 bits per heavy atom. The van der Waals surface area contributed by atoms with E-state index < -0.39 is 0 Å². The van der Waals surface area contributed by atoms with Crippen LogP contribution in [0.1, 0.15) is 126 Å². The number of ether oxygens (including phenoxy) is 3. The van der Waals surface area contributed by atoms with Crippen LogP contribution in [0.25, 0.3) is 0 Å². The van der Waals surface area contributed by atoms with E-state index in [0.717, 1.165) is 32.1 Å². The van der Waals surface area contributed by atoms with Crippen LogP contribution in [0.4, 0.5) is 0 Å². The molecule has 6 heteroatoms. The number of fused-ring (bicyclic) bond motifs is 7. The fraction of sp³-hybridized carbons (Fsp3) is 0.865. The summed E-state index contributed by atoms with van der Waals surface area (Å²) in [6.45, 7) is 21.3. The summed E-state index contributed by atoms with van der Waals surface area (Å²) in [5, 5.41) is 0. The van der Waals surface area contributed by atoms with Gasteiger partial charge in [0.05, 0.1) is 26.6 Å². The van der Waals surface area contributed by atoms with Gasteiger partial charge in [-0.1, -0.05) is 46.8 Å². The molecule has 10 atom stereocenters. The second-order valence-corrected chi connectivity index (χ2v) is 16.7. The average Bonchev–Trinajstić information content (AvgIpc) is 3.32. The highest BCUT2D eigenvalue weighted by molar-refractivity contribution is 5.77. The average molecular weight is 599 g/mol. The lowest BCUT2D eigenvalue weighted by Gasteiger charge is -2.73. The van der Waals surface area contributed by atoms with E-state index >= 15 is 0 Å². The summed E-state index contributed by atoms with van der Waals surface area (Å²) < 4.78 is 16.6. The lowest BCUT2D eigenvalue weighted by atomic mass is 9.32. The Labute approximate surface area is 260 Å². The first-order valence-corrected chi connectivity index (χ1v) is 17.1. The van der Waals surface area contributed by atoms with Crippen molar-refractivity contribution in [3.8, 4) is 0 Å². The van der Waals surface area contributed by atoms with Crippen molar-refractivity contribution < 1.29 is 28.6 Å². The third kappa shape index (κ3) is 5.00. The van der Waals surface area contributed by atoms with Gasteiger partial charge < -0.3 is 14.2 Å². The van der Waals surface area contributed by atoms with Crippen molar-refractivity contribution in [1.29, 1.82) is 0 Å². The first-order valence-electron chi connectivity index (χ1n) is 17.1. The lowest BCUT2D eigenvalue weighted by molar-refractivity contribution is -0.252. The quantitative estimate of drug-likeness (QED) is 0.168. The zero-order valence-electron chi connectivity index (χ0n) is 28.3. The highest BCUT2D eigenvalue weighted by atomic mass is 16.5. The summed E-state index contributed by atoms with van der Waals surface area (Å²) in [6, 6.07) is 0. The Balaban J connectivity index is 1.42. The molecule has 0 radical (unpaired) electrons. The molecule has 0 spiro atoms. The molecule has 0 bridgehead atoms. The maximum Gasteiger partial charge on any atom is 0.306 e. The molecule has 0 aromatic carbocycles. The minimum absolute atomic E-state index is 0.000188. The first kappa shape index (κ1) is 32.5. The highest BCUT2D eigenvalue weighted by Gasteiger charge is 2.71. The van der Waals surface area contributed by atoms with Crippen LogP contribution < -0.4 is 0 Å². The standard InChI is InChI=1S/C37H58O6/c1-23(2)25-14-19-37(22-42-31(40)13-12-30(39)41-9)21-20-35(7)26(32(25)37)10-11-28-34(6)17-16-29(43-24(3)38)33(4,5)27(34)15-18-36(28,35)8/h25-29,32H,1,10-22H2,2-9H3/t25-,26?,27?,28?,29?,32?,34-,35+,36+,37?/m0/s1. The Bertz CT molecular complexity index is 1140. The largest absolute Gasteiger partial charge is 0.469 e. The lowest BCUT2D eigenvalue weighted by Crippen LogP contribution is -2.67. The number of carbonyl (C=O) groups excluding carboxylic acids is 3. The molecule has 0 amide bonds. The second-order valence-electron chi connectivity index (χ2n) is 16.7. The molecule has 5 rings (SSSR count). The summed E-state index contributed by atoms with van der Waals surface area (Å²) in [6.07, 6.45) is 11.6. The van der Waals surface area contributed by atoms with Crippen molar-refractivity contribution in [3.05, 3.63) is 12.2 Å². The van der Waals surface area contributed by atoms with Crippen LogP contribution in [0, 0.1) is 56.7 Å². The molecule has 6 unspecified atom stereocenters. The molecule has 0 N–H and O–H groups in total. The highest BCUT2D eigenvalue weighted by Crippen LogP contribution is 2.77. The fourth-order valence-electron chi connectivity index (χ4n) is 12.5. The number of carbonyl (C=O) groups is 3. The molecule has 43 heavy (non-hydrogen) atoms. The monoisotopic (exact) mass is 598 g/mol. The van der Waals surface area contributed by atoms with E-state index in [1.165, 1.54) is 44.8 Å². The van der Waals surface area contributed by atoms with E-state index in [1.807, 2.05) is 0 Å². The number of rotatable bonds is 7. The van der Waals surface area contributed by atoms with E-state index in [4.69, 9.17) is 14.2 Å². The molecule has 5 fully saturated rings. The smallest absolute Gasteiger partial charge is 0.306 e. The van der Waals surface area contributed by atoms with Crippen LogP contribution in [0.3, 0.4) is 0 Å². The Morgan fingerprint density at radius 2 is 1.47 bits per heavy atom. The summed E-state index contributed by atoms with van der Waals surface area (Å²) in [5.74, 6) is 1.87. The molecule has 242 valence electrons. The Morgan fingerprint density at radius 1 is 0.767 bits per heavy atom. The van der Waals surface area contributed by atoms with Gasteiger partial charge in [0.1, 0.15) is 6.10 Å². The second kappa shape index (κ2) is 11.2. The van der Waals surface area contributed by atoms with E-state index in [1.54, 1.807) is 6.92 Å². The summed E-state index contributed by atoms with van der Waals surface area (Å²) >= 11 is 0. The van der Waals surface area contributed by atoms with E-state index in [9.17, 15) is 14.4 Å². The van der Waals surface area contributed by atoms with E-state index in [2.05, 4.69) is 48.1 Å². The van der Waals surface area contributed by atoms with Crippen LogP contribution in [0.2, 0.25) is 0 Å². The van der Waals surface area contributed by atoms with Gasteiger partial charge in [-0.15, -0.1) is 0 Å². The molecule has 0 aliphatic heterocycles. The van der Waals surface area contributed by atoms with Crippen LogP contribution in [0.15, 0.2) is 12.2 Å². The molecule has 0 saturated heterocycles. The normalized spacial score (nSPS) is 44.6. The zero-order chi connectivity index (χ0) is 31.6. The Kier molecular flexibility index (Phi) is 8.47. The van der Waals surface area contributed by atoms with E-state index in [-0.39, 0.29) is 63.9 Å². The molecule has 0 heterocycles.